The highest BCUT2D eigenvalue weighted by Crippen LogP contribution is 2.09. The van der Waals surface area contributed by atoms with Crippen LogP contribution < -0.4 is 5.32 Å². The average molecular weight is 300 g/mol. The van der Waals surface area contributed by atoms with Gasteiger partial charge in [-0.15, -0.1) is 0 Å². The van der Waals surface area contributed by atoms with Gasteiger partial charge >= 0.3 is 0 Å². The Labute approximate surface area is 132 Å². The topological polar surface area (TPSA) is 41.6 Å². The molecule has 0 bridgehead atoms. The number of carbonyl (C=O) groups excluding carboxylic acids is 1. The van der Waals surface area contributed by atoms with Crippen molar-refractivity contribution in [3.63, 3.8) is 0 Å². The van der Waals surface area contributed by atoms with Crippen LogP contribution in [0.4, 0.5) is 0 Å². The molecule has 0 spiro atoms. The van der Waals surface area contributed by atoms with E-state index in [0.29, 0.717) is 6.54 Å². The van der Waals surface area contributed by atoms with E-state index in [2.05, 4.69) is 40.6 Å². The van der Waals surface area contributed by atoms with Crippen LogP contribution in [0.5, 0.6) is 0 Å². The zero-order chi connectivity index (χ0) is 15.6. The fourth-order valence-corrected chi connectivity index (χ4v) is 2.46. The number of carbonyl (C=O) groups is 1. The standard InChI is InChI=1S/C18H24N2O2/c1-22-15-18(21)19-13-17-10-6-12-20(14-17)11-5-9-16-7-3-2-4-8-16/h2-5,7-10H,6,11-15H2,1H3,(H,19,21). The lowest BCUT2D eigenvalue weighted by molar-refractivity contribution is -0.124. The molecule has 0 aromatic heterocycles. The summed E-state index contributed by atoms with van der Waals surface area (Å²) in [5.74, 6) is -0.0653. The van der Waals surface area contributed by atoms with Gasteiger partial charge in [0.1, 0.15) is 6.61 Å². The molecule has 4 heteroatoms. The molecule has 1 aromatic carbocycles. The van der Waals surface area contributed by atoms with Gasteiger partial charge in [0.2, 0.25) is 5.91 Å². The minimum Gasteiger partial charge on any atom is -0.375 e. The molecule has 118 valence electrons. The third-order valence-corrected chi connectivity index (χ3v) is 3.57. The van der Waals surface area contributed by atoms with Crippen LogP contribution in [0.3, 0.4) is 0 Å². The molecule has 2 rings (SSSR count). The third kappa shape index (κ3) is 5.84. The molecule has 4 nitrogen and oxygen atoms in total. The summed E-state index contributed by atoms with van der Waals surface area (Å²) in [6.45, 7) is 3.64. The summed E-state index contributed by atoms with van der Waals surface area (Å²) in [5.41, 5.74) is 2.49. The van der Waals surface area contributed by atoms with E-state index in [4.69, 9.17) is 4.74 Å². The molecule has 1 N–H and O–H groups in total. The van der Waals surface area contributed by atoms with E-state index in [0.717, 1.165) is 26.1 Å². The van der Waals surface area contributed by atoms with Gasteiger partial charge in [-0.25, -0.2) is 0 Å². The van der Waals surface area contributed by atoms with Crippen LogP contribution in [0.2, 0.25) is 0 Å². The molecule has 0 aliphatic carbocycles. The van der Waals surface area contributed by atoms with Gasteiger partial charge < -0.3 is 10.1 Å². The summed E-state index contributed by atoms with van der Waals surface area (Å²) in [6.07, 6.45) is 7.61. The Morgan fingerprint density at radius 1 is 1.36 bits per heavy atom. The van der Waals surface area contributed by atoms with Crippen LogP contribution in [0, 0.1) is 0 Å². The van der Waals surface area contributed by atoms with Gasteiger partial charge in [0, 0.05) is 33.3 Å². The molecule has 0 unspecified atom stereocenters. The Kier molecular flexibility index (Phi) is 6.87. The molecular weight excluding hydrogens is 276 g/mol. The normalized spacial score (nSPS) is 15.8. The first-order chi connectivity index (χ1) is 10.8. The predicted octanol–water partition coefficient (Wildman–Crippen LogP) is 2.09. The molecular formula is C18H24N2O2. The SMILES string of the molecule is COCC(=O)NCC1=CCCN(CC=Cc2ccccc2)C1. The minimum absolute atomic E-state index is 0.0653. The molecule has 1 aromatic rings. The number of rotatable bonds is 7. The lowest BCUT2D eigenvalue weighted by atomic mass is 10.1. The van der Waals surface area contributed by atoms with Gasteiger partial charge in [-0.05, 0) is 17.6 Å². The highest BCUT2D eigenvalue weighted by Gasteiger charge is 2.11. The van der Waals surface area contributed by atoms with Gasteiger partial charge in [-0.2, -0.15) is 0 Å². The van der Waals surface area contributed by atoms with Gasteiger partial charge in [0.15, 0.2) is 0 Å². The van der Waals surface area contributed by atoms with Crippen LogP contribution in [0.25, 0.3) is 6.08 Å². The number of ether oxygens (including phenoxy) is 1. The van der Waals surface area contributed by atoms with Gasteiger partial charge in [0.25, 0.3) is 0 Å². The quantitative estimate of drug-likeness (QED) is 0.784. The molecule has 1 aliphatic heterocycles. The van der Waals surface area contributed by atoms with Crippen molar-refractivity contribution in [3.8, 4) is 0 Å². The molecule has 0 saturated heterocycles. The van der Waals surface area contributed by atoms with E-state index in [1.165, 1.54) is 18.2 Å². The fourth-order valence-electron chi connectivity index (χ4n) is 2.46. The first kappa shape index (κ1) is 16.5. The molecule has 0 atom stereocenters. The number of amides is 1. The van der Waals surface area contributed by atoms with Crippen LogP contribution in [0.15, 0.2) is 48.1 Å². The molecule has 1 heterocycles. The molecule has 1 aliphatic rings. The van der Waals surface area contributed by atoms with Crippen LogP contribution in [-0.4, -0.2) is 50.7 Å². The minimum atomic E-state index is -0.0653. The first-order valence-electron chi connectivity index (χ1n) is 7.65. The van der Waals surface area contributed by atoms with Crippen LogP contribution in [0.1, 0.15) is 12.0 Å². The van der Waals surface area contributed by atoms with Crippen molar-refractivity contribution in [2.75, 3.05) is 39.9 Å². The summed E-state index contributed by atoms with van der Waals surface area (Å²) in [4.78, 5) is 13.8. The molecule has 1 amide bonds. The van der Waals surface area contributed by atoms with Crippen LogP contribution in [-0.2, 0) is 9.53 Å². The Bertz CT molecular complexity index is 523. The maximum Gasteiger partial charge on any atom is 0.246 e. The van der Waals surface area contributed by atoms with E-state index >= 15 is 0 Å². The summed E-state index contributed by atoms with van der Waals surface area (Å²) in [5, 5.41) is 2.88. The van der Waals surface area contributed by atoms with E-state index in [1.807, 2.05) is 18.2 Å². The summed E-state index contributed by atoms with van der Waals surface area (Å²) >= 11 is 0. The summed E-state index contributed by atoms with van der Waals surface area (Å²) in [7, 11) is 1.53. The van der Waals surface area contributed by atoms with E-state index in [-0.39, 0.29) is 12.5 Å². The molecule has 22 heavy (non-hydrogen) atoms. The van der Waals surface area contributed by atoms with Crippen LogP contribution >= 0.6 is 0 Å². The highest BCUT2D eigenvalue weighted by molar-refractivity contribution is 5.77. The largest absolute Gasteiger partial charge is 0.375 e. The predicted molar refractivity (Wildman–Crippen MR) is 89.5 cm³/mol. The maximum atomic E-state index is 11.4. The van der Waals surface area contributed by atoms with E-state index < -0.39 is 0 Å². The second kappa shape index (κ2) is 9.18. The zero-order valence-electron chi connectivity index (χ0n) is 13.1. The van der Waals surface area contributed by atoms with Gasteiger partial charge in [0.05, 0.1) is 0 Å². The maximum absolute atomic E-state index is 11.4. The number of methoxy groups -OCH3 is 1. The summed E-state index contributed by atoms with van der Waals surface area (Å²) in [6, 6.07) is 10.3. The highest BCUT2D eigenvalue weighted by atomic mass is 16.5. The smallest absolute Gasteiger partial charge is 0.246 e. The number of hydrogen-bond acceptors (Lipinski definition) is 3. The average Bonchev–Trinajstić information content (AvgIpc) is 2.55. The lowest BCUT2D eigenvalue weighted by Gasteiger charge is -2.26. The van der Waals surface area contributed by atoms with Gasteiger partial charge in [-0.1, -0.05) is 48.6 Å². The molecule has 0 radical (unpaired) electrons. The second-order valence-electron chi connectivity index (χ2n) is 5.41. The lowest BCUT2D eigenvalue weighted by Crippen LogP contribution is -2.36. The van der Waals surface area contributed by atoms with Gasteiger partial charge in [-0.3, -0.25) is 9.69 Å². The zero-order valence-corrected chi connectivity index (χ0v) is 13.1. The number of nitrogens with zero attached hydrogens (tertiary/aromatic N) is 1. The number of hydrogen-bond donors (Lipinski definition) is 1. The van der Waals surface area contributed by atoms with Crippen molar-refractivity contribution >= 4 is 12.0 Å². The summed E-state index contributed by atoms with van der Waals surface area (Å²) < 4.78 is 4.81. The first-order valence-corrected chi connectivity index (χ1v) is 7.65. The Morgan fingerprint density at radius 2 is 2.18 bits per heavy atom. The Morgan fingerprint density at radius 3 is 2.95 bits per heavy atom. The fraction of sp³-hybridized carbons (Fsp3) is 0.389. The van der Waals surface area contributed by atoms with Crippen molar-refractivity contribution in [2.45, 2.75) is 6.42 Å². The number of nitrogens with one attached hydrogen (secondary N) is 1. The molecule has 0 fully saturated rings. The molecule has 0 saturated carbocycles. The van der Waals surface area contributed by atoms with E-state index in [1.54, 1.807) is 0 Å². The van der Waals surface area contributed by atoms with Crippen molar-refractivity contribution < 1.29 is 9.53 Å². The second-order valence-corrected chi connectivity index (χ2v) is 5.41. The Balaban J connectivity index is 1.74. The Hall–Kier alpha value is -1.91. The third-order valence-electron chi connectivity index (χ3n) is 3.57. The van der Waals surface area contributed by atoms with Crippen molar-refractivity contribution in [1.29, 1.82) is 0 Å². The van der Waals surface area contributed by atoms with Crippen molar-refractivity contribution in [2.24, 2.45) is 0 Å². The monoisotopic (exact) mass is 300 g/mol. The van der Waals surface area contributed by atoms with E-state index in [9.17, 15) is 4.79 Å². The van der Waals surface area contributed by atoms with Crippen molar-refractivity contribution in [3.05, 3.63) is 53.6 Å². The van der Waals surface area contributed by atoms with Crippen molar-refractivity contribution in [1.82, 2.24) is 10.2 Å². The number of benzene rings is 1.